The highest BCUT2D eigenvalue weighted by atomic mass is 16.3. The predicted octanol–water partition coefficient (Wildman–Crippen LogP) is 3.64. The lowest BCUT2D eigenvalue weighted by atomic mass is 10.1. The summed E-state index contributed by atoms with van der Waals surface area (Å²) in [6.45, 7) is 17.4. The van der Waals surface area contributed by atoms with Crippen LogP contribution >= 0.6 is 0 Å². The normalized spacial score (nSPS) is 11.3. The Morgan fingerprint density at radius 3 is 2.54 bits per heavy atom. The van der Waals surface area contributed by atoms with Crippen molar-refractivity contribution in [3.8, 4) is 5.75 Å². The Morgan fingerprint density at radius 1 is 1.38 bits per heavy atom. The SMILES string of the molecule is C=C(C)Cc1cccnc1.C=CC/C(C)=c1\c(O)c(CC)[nH]c1=C. The van der Waals surface area contributed by atoms with E-state index >= 15 is 0 Å². The molecule has 2 N–H and O–H groups in total. The summed E-state index contributed by atoms with van der Waals surface area (Å²) in [4.78, 5) is 7.08. The van der Waals surface area contributed by atoms with E-state index in [0.29, 0.717) is 5.75 Å². The number of nitrogens with zero attached hydrogens (tertiary/aromatic N) is 1. The summed E-state index contributed by atoms with van der Waals surface area (Å²) >= 11 is 0. The van der Waals surface area contributed by atoms with Crippen LogP contribution in [0.15, 0.2) is 49.3 Å². The number of hydrogen-bond donors (Lipinski definition) is 2. The average molecular weight is 324 g/mol. The summed E-state index contributed by atoms with van der Waals surface area (Å²) in [5.74, 6) is 0.344. The van der Waals surface area contributed by atoms with Crippen LogP contribution in [-0.4, -0.2) is 15.1 Å². The standard InChI is InChI=1S/C12H17NO.C9H11N/c1-5-7-8(3)11-9(4)13-10(6-2)12(11)14;1-8(2)6-9-4-3-5-10-7-9/h5,13-14H,1,4,6-7H2,2-3H3;3-5,7H,1,6H2,2H3/b11-8-;. The molecule has 0 fully saturated rings. The van der Waals surface area contributed by atoms with Gasteiger partial charge >= 0.3 is 0 Å². The fraction of sp³-hybridized carbons (Fsp3) is 0.286. The molecule has 3 heteroatoms. The first-order chi connectivity index (χ1) is 11.4. The van der Waals surface area contributed by atoms with E-state index in [-0.39, 0.29) is 0 Å². The number of allylic oxidation sites excluding steroid dienone is 2. The van der Waals surface area contributed by atoms with E-state index in [1.807, 2.05) is 39.1 Å². The number of hydrogen-bond acceptors (Lipinski definition) is 2. The first kappa shape index (κ1) is 19.5. The van der Waals surface area contributed by atoms with Crippen LogP contribution in [0, 0.1) is 0 Å². The quantitative estimate of drug-likeness (QED) is 0.825. The van der Waals surface area contributed by atoms with Gasteiger partial charge in [0, 0.05) is 23.0 Å². The van der Waals surface area contributed by atoms with Gasteiger partial charge in [0.05, 0.1) is 5.69 Å². The van der Waals surface area contributed by atoms with Gasteiger partial charge in [0.1, 0.15) is 5.75 Å². The van der Waals surface area contributed by atoms with Crippen molar-refractivity contribution in [3.63, 3.8) is 0 Å². The maximum atomic E-state index is 9.88. The molecular formula is C21H28N2O. The number of rotatable bonds is 5. The van der Waals surface area contributed by atoms with Gasteiger partial charge in [-0.05, 0) is 44.7 Å². The Morgan fingerprint density at radius 2 is 2.08 bits per heavy atom. The van der Waals surface area contributed by atoms with Gasteiger partial charge in [-0.25, -0.2) is 0 Å². The highest BCUT2D eigenvalue weighted by Crippen LogP contribution is 2.09. The third-order valence-electron chi connectivity index (χ3n) is 3.59. The van der Waals surface area contributed by atoms with Crippen LogP contribution < -0.4 is 10.6 Å². The molecule has 3 nitrogen and oxygen atoms in total. The highest BCUT2D eigenvalue weighted by molar-refractivity contribution is 5.50. The van der Waals surface area contributed by atoms with E-state index < -0.39 is 0 Å². The fourth-order valence-corrected chi connectivity index (χ4v) is 2.48. The molecule has 0 aliphatic heterocycles. The molecule has 0 saturated carbocycles. The van der Waals surface area contributed by atoms with Crippen LogP contribution in [0.25, 0.3) is 12.2 Å². The average Bonchev–Trinajstić information content (AvgIpc) is 2.82. The third-order valence-corrected chi connectivity index (χ3v) is 3.59. The minimum absolute atomic E-state index is 0.344. The zero-order chi connectivity index (χ0) is 18.1. The number of pyridine rings is 1. The second-order valence-electron chi connectivity index (χ2n) is 5.93. The highest BCUT2D eigenvalue weighted by Gasteiger charge is 2.05. The summed E-state index contributed by atoms with van der Waals surface area (Å²) in [7, 11) is 0. The number of aromatic hydroxyl groups is 1. The number of H-pyrrole nitrogens is 1. The van der Waals surface area contributed by atoms with Crippen molar-refractivity contribution < 1.29 is 5.11 Å². The van der Waals surface area contributed by atoms with Crippen LogP contribution in [-0.2, 0) is 12.8 Å². The molecular weight excluding hydrogens is 296 g/mol. The van der Waals surface area contributed by atoms with Crippen molar-refractivity contribution in [2.45, 2.75) is 40.0 Å². The van der Waals surface area contributed by atoms with E-state index in [1.165, 1.54) is 11.1 Å². The van der Waals surface area contributed by atoms with Crippen molar-refractivity contribution in [1.82, 2.24) is 9.97 Å². The van der Waals surface area contributed by atoms with Crippen molar-refractivity contribution in [3.05, 3.63) is 71.2 Å². The first-order valence-electron chi connectivity index (χ1n) is 8.13. The molecule has 0 aliphatic rings. The summed E-state index contributed by atoms with van der Waals surface area (Å²) in [6.07, 6.45) is 7.98. The molecule has 0 spiro atoms. The molecule has 0 atom stereocenters. The van der Waals surface area contributed by atoms with Crippen molar-refractivity contribution in [2.75, 3.05) is 0 Å². The van der Waals surface area contributed by atoms with E-state index in [1.54, 1.807) is 6.20 Å². The maximum absolute atomic E-state index is 9.88. The van der Waals surface area contributed by atoms with Gasteiger partial charge in [0.25, 0.3) is 0 Å². The van der Waals surface area contributed by atoms with Gasteiger partial charge in [-0.15, -0.1) is 6.58 Å². The lowest BCUT2D eigenvalue weighted by Gasteiger charge is -1.96. The van der Waals surface area contributed by atoms with E-state index in [4.69, 9.17) is 0 Å². The lowest BCUT2D eigenvalue weighted by molar-refractivity contribution is 0.465. The molecule has 128 valence electrons. The summed E-state index contributed by atoms with van der Waals surface area (Å²) in [6, 6.07) is 4.00. The monoisotopic (exact) mass is 324 g/mol. The predicted molar refractivity (Wildman–Crippen MR) is 103 cm³/mol. The van der Waals surface area contributed by atoms with Gasteiger partial charge in [-0.1, -0.05) is 43.4 Å². The molecule has 0 amide bonds. The minimum atomic E-state index is 0.344. The Bertz CT molecular complexity index is 785. The van der Waals surface area contributed by atoms with Gasteiger partial charge < -0.3 is 10.1 Å². The fourth-order valence-electron chi connectivity index (χ4n) is 2.48. The van der Waals surface area contributed by atoms with Crippen molar-refractivity contribution >= 4 is 12.2 Å². The zero-order valence-corrected chi connectivity index (χ0v) is 15.0. The molecule has 24 heavy (non-hydrogen) atoms. The molecule has 0 radical (unpaired) electrons. The molecule has 0 saturated heterocycles. The van der Waals surface area contributed by atoms with Crippen LogP contribution in [0.5, 0.6) is 5.75 Å². The minimum Gasteiger partial charge on any atom is -0.505 e. The Kier molecular flexibility index (Phi) is 7.76. The maximum Gasteiger partial charge on any atom is 0.144 e. The third kappa shape index (κ3) is 5.58. The number of aromatic amines is 1. The van der Waals surface area contributed by atoms with E-state index in [0.717, 1.165) is 41.1 Å². The summed E-state index contributed by atoms with van der Waals surface area (Å²) in [5.41, 5.74) is 4.36. The second kappa shape index (κ2) is 9.56. The second-order valence-corrected chi connectivity index (χ2v) is 5.93. The first-order valence-corrected chi connectivity index (χ1v) is 8.13. The van der Waals surface area contributed by atoms with E-state index in [2.05, 4.69) is 35.8 Å². The zero-order valence-electron chi connectivity index (χ0n) is 15.0. The Balaban J connectivity index is 0.000000254. The molecule has 0 aromatic carbocycles. The largest absolute Gasteiger partial charge is 0.505 e. The molecule has 0 aliphatic carbocycles. The summed E-state index contributed by atoms with van der Waals surface area (Å²) < 4.78 is 0. The van der Waals surface area contributed by atoms with Gasteiger partial charge in [0.2, 0.25) is 0 Å². The summed E-state index contributed by atoms with van der Waals surface area (Å²) in [5, 5.41) is 11.5. The molecule has 0 bridgehead atoms. The number of aryl methyl sites for hydroxylation is 1. The number of aromatic nitrogens is 2. The Labute approximate surface area is 144 Å². The molecule has 2 rings (SSSR count). The van der Waals surface area contributed by atoms with Crippen molar-refractivity contribution in [1.29, 1.82) is 0 Å². The molecule has 2 heterocycles. The van der Waals surface area contributed by atoms with Crippen LogP contribution in [0.3, 0.4) is 0 Å². The topological polar surface area (TPSA) is 48.9 Å². The van der Waals surface area contributed by atoms with Gasteiger partial charge in [-0.3, -0.25) is 4.98 Å². The van der Waals surface area contributed by atoms with Crippen LogP contribution in [0.2, 0.25) is 0 Å². The molecule has 2 aromatic heterocycles. The van der Waals surface area contributed by atoms with Crippen LogP contribution in [0.1, 0.15) is 38.4 Å². The van der Waals surface area contributed by atoms with Gasteiger partial charge in [0.15, 0.2) is 0 Å². The smallest absolute Gasteiger partial charge is 0.144 e. The number of nitrogens with one attached hydrogen (secondary N) is 1. The Hall–Kier alpha value is -2.55. The van der Waals surface area contributed by atoms with Crippen molar-refractivity contribution in [2.24, 2.45) is 0 Å². The molecule has 0 unspecified atom stereocenters. The lowest BCUT2D eigenvalue weighted by Crippen LogP contribution is -2.22. The van der Waals surface area contributed by atoms with Crippen LogP contribution in [0.4, 0.5) is 0 Å². The van der Waals surface area contributed by atoms with Gasteiger partial charge in [-0.2, -0.15) is 0 Å². The van der Waals surface area contributed by atoms with E-state index in [9.17, 15) is 5.11 Å². The molecule has 2 aromatic rings.